The van der Waals surface area contributed by atoms with Crippen LogP contribution in [0.4, 0.5) is 0 Å². The van der Waals surface area contributed by atoms with Crippen LogP contribution in [0.2, 0.25) is 0 Å². The molecule has 3 rings (SSSR count). The molecule has 0 bridgehead atoms. The minimum atomic E-state index is 0. The summed E-state index contributed by atoms with van der Waals surface area (Å²) < 4.78 is 0. The van der Waals surface area contributed by atoms with Gasteiger partial charge in [0, 0.05) is 50.0 Å². The van der Waals surface area contributed by atoms with Crippen molar-refractivity contribution in [2.24, 2.45) is 0 Å². The molecular weight excluding hydrogens is 294 g/mol. The van der Waals surface area contributed by atoms with Gasteiger partial charge in [-0.25, -0.2) is 15.0 Å². The number of nitrogens with zero attached hydrogens (tertiary/aromatic N) is 4. The summed E-state index contributed by atoms with van der Waals surface area (Å²) in [4.78, 5) is 15.5. The second-order valence-electron chi connectivity index (χ2n) is 4.81. The number of hydrogen-bond acceptors (Lipinski definition) is 6. The van der Waals surface area contributed by atoms with Gasteiger partial charge < -0.3 is 5.32 Å². The van der Waals surface area contributed by atoms with Gasteiger partial charge in [0.1, 0.15) is 0 Å². The summed E-state index contributed by atoms with van der Waals surface area (Å²) in [5.41, 5.74) is 1.11. The molecule has 2 aromatic heterocycles. The zero-order valence-electron chi connectivity index (χ0n) is 11.3. The molecule has 7 heteroatoms. The molecular formula is C13H18ClN5S. The fourth-order valence-corrected chi connectivity index (χ4v) is 3.03. The van der Waals surface area contributed by atoms with E-state index in [1.807, 2.05) is 6.07 Å². The van der Waals surface area contributed by atoms with Crippen LogP contribution in [0.15, 0.2) is 23.8 Å². The van der Waals surface area contributed by atoms with E-state index in [0.717, 1.165) is 36.9 Å². The first-order valence-corrected chi connectivity index (χ1v) is 7.37. The van der Waals surface area contributed by atoms with Gasteiger partial charge in [-0.3, -0.25) is 4.90 Å². The van der Waals surface area contributed by atoms with E-state index in [4.69, 9.17) is 0 Å². The molecule has 5 nitrogen and oxygen atoms in total. The Labute approximate surface area is 128 Å². The molecule has 0 amide bonds. The molecule has 0 aliphatic carbocycles. The SMILES string of the molecule is C[C@@H]1CN(Cc2csc(-c3ncccn3)n2)CCN1.Cl. The second kappa shape index (κ2) is 7.08. The van der Waals surface area contributed by atoms with Crippen molar-refractivity contribution in [3.05, 3.63) is 29.5 Å². The smallest absolute Gasteiger partial charge is 0.188 e. The maximum Gasteiger partial charge on any atom is 0.188 e. The number of hydrogen-bond donors (Lipinski definition) is 1. The van der Waals surface area contributed by atoms with E-state index in [1.54, 1.807) is 23.7 Å². The van der Waals surface area contributed by atoms with Crippen LogP contribution in [0.1, 0.15) is 12.6 Å². The highest BCUT2D eigenvalue weighted by Gasteiger charge is 2.17. The number of piperazine rings is 1. The van der Waals surface area contributed by atoms with Gasteiger partial charge in [0.05, 0.1) is 5.69 Å². The van der Waals surface area contributed by atoms with E-state index < -0.39 is 0 Å². The van der Waals surface area contributed by atoms with Gasteiger partial charge in [-0.1, -0.05) is 0 Å². The third kappa shape index (κ3) is 3.73. The van der Waals surface area contributed by atoms with E-state index >= 15 is 0 Å². The van der Waals surface area contributed by atoms with Crippen LogP contribution in [0.3, 0.4) is 0 Å². The van der Waals surface area contributed by atoms with Crippen molar-refractivity contribution in [3.63, 3.8) is 0 Å². The molecule has 1 aliphatic rings. The normalized spacial score (nSPS) is 19.6. The average Bonchev–Trinajstić information content (AvgIpc) is 2.88. The predicted molar refractivity (Wildman–Crippen MR) is 83.1 cm³/mol. The van der Waals surface area contributed by atoms with Crippen LogP contribution < -0.4 is 5.32 Å². The van der Waals surface area contributed by atoms with Crippen molar-refractivity contribution in [1.82, 2.24) is 25.2 Å². The van der Waals surface area contributed by atoms with Gasteiger partial charge in [0.2, 0.25) is 0 Å². The van der Waals surface area contributed by atoms with Gasteiger partial charge in [-0.05, 0) is 13.0 Å². The fourth-order valence-electron chi connectivity index (χ4n) is 2.28. The topological polar surface area (TPSA) is 53.9 Å². The van der Waals surface area contributed by atoms with E-state index in [2.05, 4.69) is 37.5 Å². The Kier molecular flexibility index (Phi) is 5.42. The standard InChI is InChI=1S/C13H17N5S.ClH/c1-10-7-18(6-5-14-10)8-11-9-19-13(17-11)12-15-3-2-4-16-12;/h2-4,9-10,14H,5-8H2,1H3;1H/t10-;/m1./s1. The molecule has 0 unspecified atom stereocenters. The van der Waals surface area contributed by atoms with E-state index in [9.17, 15) is 0 Å². The molecule has 108 valence electrons. The lowest BCUT2D eigenvalue weighted by Crippen LogP contribution is -2.48. The summed E-state index contributed by atoms with van der Waals surface area (Å²) >= 11 is 1.61. The number of nitrogens with one attached hydrogen (secondary N) is 1. The molecule has 0 radical (unpaired) electrons. The first-order valence-electron chi connectivity index (χ1n) is 6.49. The van der Waals surface area contributed by atoms with Crippen molar-refractivity contribution in [1.29, 1.82) is 0 Å². The lowest BCUT2D eigenvalue weighted by atomic mass is 10.2. The van der Waals surface area contributed by atoms with Gasteiger partial charge in [-0.15, -0.1) is 23.7 Å². The van der Waals surface area contributed by atoms with Crippen molar-refractivity contribution in [2.45, 2.75) is 19.5 Å². The molecule has 1 fully saturated rings. The van der Waals surface area contributed by atoms with Crippen LogP contribution >= 0.6 is 23.7 Å². The largest absolute Gasteiger partial charge is 0.312 e. The van der Waals surface area contributed by atoms with Crippen molar-refractivity contribution in [2.75, 3.05) is 19.6 Å². The van der Waals surface area contributed by atoms with Crippen LogP contribution in [0.25, 0.3) is 10.8 Å². The Hall–Kier alpha value is -1.08. The molecule has 0 aromatic carbocycles. The molecule has 3 heterocycles. The molecule has 1 N–H and O–H groups in total. The molecule has 20 heavy (non-hydrogen) atoms. The lowest BCUT2D eigenvalue weighted by molar-refractivity contribution is 0.198. The minimum absolute atomic E-state index is 0. The summed E-state index contributed by atoms with van der Waals surface area (Å²) in [5, 5.41) is 6.46. The summed E-state index contributed by atoms with van der Waals surface area (Å²) in [7, 11) is 0. The summed E-state index contributed by atoms with van der Waals surface area (Å²) in [6.07, 6.45) is 3.50. The van der Waals surface area contributed by atoms with Crippen LogP contribution in [-0.2, 0) is 6.54 Å². The Balaban J connectivity index is 0.00000147. The quantitative estimate of drug-likeness (QED) is 0.937. The molecule has 2 aromatic rings. The number of rotatable bonds is 3. The fraction of sp³-hybridized carbons (Fsp3) is 0.462. The number of aromatic nitrogens is 3. The van der Waals surface area contributed by atoms with E-state index in [-0.39, 0.29) is 12.4 Å². The second-order valence-corrected chi connectivity index (χ2v) is 5.66. The van der Waals surface area contributed by atoms with Gasteiger partial charge >= 0.3 is 0 Å². The summed E-state index contributed by atoms with van der Waals surface area (Å²) in [6, 6.07) is 2.38. The Morgan fingerprint density at radius 2 is 2.20 bits per heavy atom. The van der Waals surface area contributed by atoms with Crippen molar-refractivity contribution >= 4 is 23.7 Å². The molecule has 1 aliphatic heterocycles. The van der Waals surface area contributed by atoms with Crippen molar-refractivity contribution < 1.29 is 0 Å². The molecule has 1 saturated heterocycles. The van der Waals surface area contributed by atoms with Crippen molar-refractivity contribution in [3.8, 4) is 10.8 Å². The summed E-state index contributed by atoms with van der Waals surface area (Å²) in [6.45, 7) is 6.35. The zero-order valence-corrected chi connectivity index (χ0v) is 13.0. The lowest BCUT2D eigenvalue weighted by Gasteiger charge is -2.31. The monoisotopic (exact) mass is 311 g/mol. The van der Waals surface area contributed by atoms with Crippen LogP contribution in [0, 0.1) is 0 Å². The maximum atomic E-state index is 4.63. The Morgan fingerprint density at radius 3 is 2.95 bits per heavy atom. The first kappa shape index (κ1) is 15.3. The van der Waals surface area contributed by atoms with Crippen LogP contribution in [0.5, 0.6) is 0 Å². The van der Waals surface area contributed by atoms with Gasteiger partial charge in [0.15, 0.2) is 10.8 Å². The van der Waals surface area contributed by atoms with E-state index in [1.165, 1.54) is 0 Å². The number of halogens is 1. The predicted octanol–water partition coefficient (Wildman–Crippen LogP) is 1.82. The average molecular weight is 312 g/mol. The molecule has 1 atom stereocenters. The van der Waals surface area contributed by atoms with Gasteiger partial charge in [-0.2, -0.15) is 0 Å². The highest BCUT2D eigenvalue weighted by molar-refractivity contribution is 7.13. The first-order chi connectivity index (χ1) is 9.31. The third-order valence-electron chi connectivity index (χ3n) is 3.15. The molecule has 0 saturated carbocycles. The Bertz CT molecular complexity index is 533. The van der Waals surface area contributed by atoms with Crippen LogP contribution in [-0.4, -0.2) is 45.5 Å². The maximum absolute atomic E-state index is 4.63. The highest BCUT2D eigenvalue weighted by atomic mass is 35.5. The summed E-state index contributed by atoms with van der Waals surface area (Å²) in [5.74, 6) is 0.715. The minimum Gasteiger partial charge on any atom is -0.312 e. The van der Waals surface area contributed by atoms with E-state index in [0.29, 0.717) is 11.9 Å². The third-order valence-corrected chi connectivity index (χ3v) is 4.03. The number of thiazole rings is 1. The van der Waals surface area contributed by atoms with Gasteiger partial charge in [0.25, 0.3) is 0 Å². The zero-order chi connectivity index (χ0) is 13.1. The Morgan fingerprint density at radius 1 is 1.40 bits per heavy atom. The molecule has 0 spiro atoms. The highest BCUT2D eigenvalue weighted by Crippen LogP contribution is 2.20.